The quantitative estimate of drug-likeness (QED) is 0.900. The first-order valence-electron chi connectivity index (χ1n) is 7.01. The van der Waals surface area contributed by atoms with Gasteiger partial charge in [-0.1, -0.05) is 72.8 Å². The van der Waals surface area contributed by atoms with Crippen molar-refractivity contribution in [1.29, 1.82) is 5.26 Å². The van der Waals surface area contributed by atoms with Crippen LogP contribution in [0.5, 0.6) is 0 Å². The van der Waals surface area contributed by atoms with Crippen LogP contribution in [0.25, 0.3) is 0 Å². The normalized spacial score (nSPS) is 16.2. The molecule has 102 valence electrons. The fourth-order valence-electron chi connectivity index (χ4n) is 2.79. The third-order valence-electron chi connectivity index (χ3n) is 3.82. The number of nitrogens with zero attached hydrogens (tertiary/aromatic N) is 1. The van der Waals surface area contributed by atoms with Crippen LogP contribution in [0.4, 0.5) is 0 Å². The van der Waals surface area contributed by atoms with Crippen LogP contribution in [-0.2, 0) is 5.54 Å². The molecule has 1 aliphatic rings. The molecule has 2 heteroatoms. The highest BCUT2D eigenvalue weighted by Crippen LogP contribution is 2.35. The second-order valence-corrected chi connectivity index (χ2v) is 5.09. The first-order valence-corrected chi connectivity index (χ1v) is 7.01. The number of nitrogens with one attached hydrogen (secondary N) is 1. The average Bonchev–Trinajstić information content (AvgIpc) is 2.80. The molecule has 0 saturated carbocycles. The van der Waals surface area contributed by atoms with Gasteiger partial charge in [0.05, 0.1) is 5.54 Å². The molecule has 2 aromatic rings. The Morgan fingerprint density at radius 3 is 2.00 bits per heavy atom. The summed E-state index contributed by atoms with van der Waals surface area (Å²) in [5.41, 5.74) is 2.49. The molecule has 21 heavy (non-hydrogen) atoms. The Labute approximate surface area is 125 Å². The summed E-state index contributed by atoms with van der Waals surface area (Å²) >= 11 is 0. The lowest BCUT2D eigenvalue weighted by Gasteiger charge is -2.35. The van der Waals surface area contributed by atoms with Crippen LogP contribution in [0.1, 0.15) is 17.5 Å². The van der Waals surface area contributed by atoms with Crippen LogP contribution in [0.3, 0.4) is 0 Å². The summed E-state index contributed by atoms with van der Waals surface area (Å²) in [7, 11) is 0. The van der Waals surface area contributed by atoms with Crippen molar-refractivity contribution < 1.29 is 0 Å². The standard InChI is InChI=1S/C19H16N2/c20-15-18-13-7-8-14-19(21-18,16-9-3-1-4-10-16)17-11-5-2-6-12-17/h1-13,21H,14H2. The van der Waals surface area contributed by atoms with Crippen LogP contribution in [0, 0.1) is 11.3 Å². The van der Waals surface area contributed by atoms with Crippen molar-refractivity contribution in [2.24, 2.45) is 0 Å². The maximum Gasteiger partial charge on any atom is 0.117 e. The van der Waals surface area contributed by atoms with Crippen molar-refractivity contribution in [1.82, 2.24) is 5.32 Å². The summed E-state index contributed by atoms with van der Waals surface area (Å²) < 4.78 is 0. The van der Waals surface area contributed by atoms with Crippen molar-refractivity contribution in [3.8, 4) is 6.07 Å². The highest BCUT2D eigenvalue weighted by Gasteiger charge is 2.34. The number of hydrogen-bond acceptors (Lipinski definition) is 2. The molecular formula is C19H16N2. The fraction of sp³-hybridized carbons (Fsp3) is 0.105. The van der Waals surface area contributed by atoms with E-state index in [0.717, 1.165) is 17.5 Å². The predicted molar refractivity (Wildman–Crippen MR) is 84.3 cm³/mol. The SMILES string of the molecule is N#CC1=CC=CCC(c2ccccc2)(c2ccccc2)N1. The topological polar surface area (TPSA) is 35.8 Å². The third-order valence-corrected chi connectivity index (χ3v) is 3.82. The molecule has 1 heterocycles. The van der Waals surface area contributed by atoms with Crippen LogP contribution < -0.4 is 5.32 Å². The molecule has 0 spiro atoms. The lowest BCUT2D eigenvalue weighted by molar-refractivity contribution is 0.457. The molecule has 0 fully saturated rings. The zero-order chi connectivity index (χ0) is 14.5. The van der Waals surface area contributed by atoms with Crippen molar-refractivity contribution >= 4 is 0 Å². The minimum absolute atomic E-state index is 0.406. The molecule has 0 saturated heterocycles. The Hall–Kier alpha value is -2.79. The molecule has 1 N–H and O–H groups in total. The van der Waals surface area contributed by atoms with Gasteiger partial charge in [0.15, 0.2) is 0 Å². The Kier molecular flexibility index (Phi) is 3.57. The fourth-order valence-corrected chi connectivity index (χ4v) is 2.79. The van der Waals surface area contributed by atoms with Gasteiger partial charge in [-0.2, -0.15) is 5.26 Å². The van der Waals surface area contributed by atoms with Crippen LogP contribution in [-0.4, -0.2) is 0 Å². The van der Waals surface area contributed by atoms with Gasteiger partial charge < -0.3 is 5.32 Å². The number of rotatable bonds is 2. The summed E-state index contributed by atoms with van der Waals surface area (Å²) in [5.74, 6) is 0. The minimum atomic E-state index is -0.406. The zero-order valence-electron chi connectivity index (χ0n) is 11.7. The van der Waals surface area contributed by atoms with E-state index < -0.39 is 5.54 Å². The Bertz CT molecular complexity index is 667. The molecule has 0 aromatic heterocycles. The molecule has 2 nitrogen and oxygen atoms in total. The van der Waals surface area contributed by atoms with Crippen molar-refractivity contribution in [3.63, 3.8) is 0 Å². The summed E-state index contributed by atoms with van der Waals surface area (Å²) in [4.78, 5) is 0. The van der Waals surface area contributed by atoms with E-state index in [0.29, 0.717) is 5.70 Å². The molecule has 2 aromatic carbocycles. The molecule has 0 radical (unpaired) electrons. The Morgan fingerprint density at radius 1 is 0.905 bits per heavy atom. The third kappa shape index (κ3) is 2.46. The van der Waals surface area contributed by atoms with Crippen LogP contribution in [0.2, 0.25) is 0 Å². The second kappa shape index (κ2) is 5.68. The van der Waals surface area contributed by atoms with Crippen molar-refractivity contribution in [2.45, 2.75) is 12.0 Å². The Morgan fingerprint density at radius 2 is 1.48 bits per heavy atom. The number of nitriles is 1. The molecule has 0 aliphatic carbocycles. The summed E-state index contributed by atoms with van der Waals surface area (Å²) in [6.07, 6.45) is 6.67. The Balaban J connectivity index is 2.19. The highest BCUT2D eigenvalue weighted by atomic mass is 15.0. The van der Waals surface area contributed by atoms with Crippen LogP contribution in [0.15, 0.2) is 84.6 Å². The van der Waals surface area contributed by atoms with Gasteiger partial charge in [0.2, 0.25) is 0 Å². The molecule has 0 bridgehead atoms. The van der Waals surface area contributed by atoms with E-state index in [2.05, 4.69) is 41.7 Å². The van der Waals surface area contributed by atoms with Gasteiger partial charge in [0, 0.05) is 0 Å². The number of allylic oxidation sites excluding steroid dienone is 3. The molecule has 0 atom stereocenters. The number of hydrogen-bond donors (Lipinski definition) is 1. The maximum absolute atomic E-state index is 9.33. The van der Waals surface area contributed by atoms with Gasteiger partial charge in [0.25, 0.3) is 0 Å². The van der Waals surface area contributed by atoms with E-state index in [9.17, 15) is 5.26 Å². The van der Waals surface area contributed by atoms with Gasteiger partial charge in [-0.25, -0.2) is 0 Å². The first kappa shape index (κ1) is 13.2. The largest absolute Gasteiger partial charge is 0.363 e. The van der Waals surface area contributed by atoms with E-state index in [1.807, 2.05) is 48.6 Å². The zero-order valence-corrected chi connectivity index (χ0v) is 11.7. The smallest absolute Gasteiger partial charge is 0.117 e. The molecule has 1 aliphatic heterocycles. The van der Waals surface area contributed by atoms with Gasteiger partial charge in [-0.15, -0.1) is 0 Å². The maximum atomic E-state index is 9.33. The minimum Gasteiger partial charge on any atom is -0.363 e. The highest BCUT2D eigenvalue weighted by molar-refractivity contribution is 5.44. The molecular weight excluding hydrogens is 256 g/mol. The van der Waals surface area contributed by atoms with E-state index in [1.165, 1.54) is 0 Å². The monoisotopic (exact) mass is 272 g/mol. The van der Waals surface area contributed by atoms with Gasteiger partial charge in [0.1, 0.15) is 11.8 Å². The van der Waals surface area contributed by atoms with Gasteiger partial charge in [-0.05, 0) is 23.6 Å². The van der Waals surface area contributed by atoms with Crippen molar-refractivity contribution in [3.05, 3.63) is 95.7 Å². The van der Waals surface area contributed by atoms with E-state index in [4.69, 9.17) is 0 Å². The van der Waals surface area contributed by atoms with E-state index in [1.54, 1.807) is 0 Å². The second-order valence-electron chi connectivity index (χ2n) is 5.09. The van der Waals surface area contributed by atoms with Gasteiger partial charge in [-0.3, -0.25) is 0 Å². The van der Waals surface area contributed by atoms with E-state index >= 15 is 0 Å². The van der Waals surface area contributed by atoms with Crippen molar-refractivity contribution in [2.75, 3.05) is 0 Å². The van der Waals surface area contributed by atoms with Gasteiger partial charge >= 0.3 is 0 Å². The number of benzene rings is 2. The molecule has 0 amide bonds. The summed E-state index contributed by atoms with van der Waals surface area (Å²) in [5, 5.41) is 12.8. The predicted octanol–water partition coefficient (Wildman–Crippen LogP) is 3.89. The van der Waals surface area contributed by atoms with Crippen LogP contribution >= 0.6 is 0 Å². The first-order chi connectivity index (χ1) is 10.3. The summed E-state index contributed by atoms with van der Waals surface area (Å²) in [6, 6.07) is 22.8. The lowest BCUT2D eigenvalue weighted by Crippen LogP contribution is -2.42. The average molecular weight is 272 g/mol. The molecule has 0 unspecified atom stereocenters. The summed E-state index contributed by atoms with van der Waals surface area (Å²) in [6.45, 7) is 0. The van der Waals surface area contributed by atoms with E-state index in [-0.39, 0.29) is 0 Å². The molecule has 3 rings (SSSR count). The lowest BCUT2D eigenvalue weighted by atomic mass is 9.80.